The van der Waals surface area contributed by atoms with Crippen molar-refractivity contribution in [1.29, 1.82) is 0 Å². The summed E-state index contributed by atoms with van der Waals surface area (Å²) < 4.78 is 13.0. The normalized spacial score (nSPS) is 12.6. The minimum Gasteiger partial charge on any atom is -0.397 e. The average Bonchev–Trinajstić information content (AvgIpc) is 2.14. The fourth-order valence-electron chi connectivity index (χ4n) is 0.998. The first-order chi connectivity index (χ1) is 6.54. The lowest BCUT2D eigenvalue weighted by molar-refractivity contribution is 0.281. The first-order valence-corrected chi connectivity index (χ1v) is 4.54. The van der Waals surface area contributed by atoms with Gasteiger partial charge in [0.15, 0.2) is 0 Å². The van der Waals surface area contributed by atoms with E-state index in [-0.39, 0.29) is 17.7 Å². The van der Waals surface area contributed by atoms with Gasteiger partial charge in [0.2, 0.25) is 0 Å². The summed E-state index contributed by atoms with van der Waals surface area (Å²) in [5.41, 5.74) is 6.39. The molecule has 1 aromatic carbocycles. The lowest BCUT2D eigenvalue weighted by atomic mass is 10.2. The highest BCUT2D eigenvalue weighted by Crippen LogP contribution is 2.26. The number of hydrogen-bond donors (Lipinski definition) is 3. The van der Waals surface area contributed by atoms with Gasteiger partial charge in [0.25, 0.3) is 0 Å². The summed E-state index contributed by atoms with van der Waals surface area (Å²) in [5.74, 6) is -0.534. The summed E-state index contributed by atoms with van der Waals surface area (Å²) in [7, 11) is 0. The van der Waals surface area contributed by atoms with Crippen LogP contribution < -0.4 is 11.1 Å². The third kappa shape index (κ3) is 2.49. The number of halogens is 2. The molecular formula is C9H12ClFN2O. The van der Waals surface area contributed by atoms with E-state index in [2.05, 4.69) is 5.32 Å². The second-order valence-electron chi connectivity index (χ2n) is 3.08. The zero-order valence-electron chi connectivity index (χ0n) is 7.72. The van der Waals surface area contributed by atoms with Crippen LogP contribution >= 0.6 is 11.6 Å². The van der Waals surface area contributed by atoms with Gasteiger partial charge in [-0.15, -0.1) is 0 Å². The lowest BCUT2D eigenvalue weighted by Gasteiger charge is -2.14. The van der Waals surface area contributed by atoms with Crippen LogP contribution in [-0.2, 0) is 0 Å². The Morgan fingerprint density at radius 2 is 2.29 bits per heavy atom. The predicted molar refractivity (Wildman–Crippen MR) is 56.0 cm³/mol. The van der Waals surface area contributed by atoms with E-state index in [1.807, 2.05) is 0 Å². The van der Waals surface area contributed by atoms with E-state index in [0.29, 0.717) is 11.4 Å². The van der Waals surface area contributed by atoms with Crippen LogP contribution in [0.4, 0.5) is 15.8 Å². The van der Waals surface area contributed by atoms with Gasteiger partial charge in [-0.1, -0.05) is 11.6 Å². The molecule has 1 rings (SSSR count). The first kappa shape index (κ1) is 11.1. The molecule has 78 valence electrons. The lowest BCUT2D eigenvalue weighted by Crippen LogP contribution is -2.20. The minimum atomic E-state index is -0.534. The van der Waals surface area contributed by atoms with Gasteiger partial charge in [0.05, 0.1) is 23.0 Å². The third-order valence-corrected chi connectivity index (χ3v) is 2.06. The molecule has 0 spiro atoms. The van der Waals surface area contributed by atoms with Gasteiger partial charge in [0.1, 0.15) is 5.82 Å². The molecule has 3 nitrogen and oxygen atoms in total. The van der Waals surface area contributed by atoms with E-state index in [1.165, 1.54) is 12.1 Å². The van der Waals surface area contributed by atoms with E-state index in [9.17, 15) is 4.39 Å². The predicted octanol–water partition coefficient (Wildman–Crippen LogP) is 1.85. The summed E-state index contributed by atoms with van der Waals surface area (Å²) in [6, 6.07) is 2.37. The maximum absolute atomic E-state index is 13.0. The molecule has 4 N–H and O–H groups in total. The van der Waals surface area contributed by atoms with Crippen LogP contribution in [0.5, 0.6) is 0 Å². The van der Waals surface area contributed by atoms with Crippen molar-refractivity contribution in [2.45, 2.75) is 13.0 Å². The van der Waals surface area contributed by atoms with Crippen molar-refractivity contribution in [3.63, 3.8) is 0 Å². The van der Waals surface area contributed by atoms with Gasteiger partial charge in [-0.25, -0.2) is 4.39 Å². The Bertz CT molecular complexity index is 333. The number of rotatable bonds is 3. The van der Waals surface area contributed by atoms with Crippen molar-refractivity contribution in [2.75, 3.05) is 17.7 Å². The molecule has 0 saturated heterocycles. The molecule has 0 fully saturated rings. The molecule has 0 aliphatic carbocycles. The van der Waals surface area contributed by atoms with Gasteiger partial charge in [-0.3, -0.25) is 0 Å². The van der Waals surface area contributed by atoms with E-state index in [0.717, 1.165) is 0 Å². The molecule has 0 saturated carbocycles. The Morgan fingerprint density at radius 3 is 2.86 bits per heavy atom. The molecule has 0 heterocycles. The van der Waals surface area contributed by atoms with Crippen LogP contribution in [0.25, 0.3) is 0 Å². The van der Waals surface area contributed by atoms with Gasteiger partial charge in [-0.05, 0) is 13.0 Å². The second-order valence-corrected chi connectivity index (χ2v) is 3.49. The Labute approximate surface area is 86.7 Å². The highest BCUT2D eigenvalue weighted by molar-refractivity contribution is 6.31. The number of anilines is 2. The van der Waals surface area contributed by atoms with Crippen molar-refractivity contribution in [3.05, 3.63) is 23.0 Å². The van der Waals surface area contributed by atoms with Gasteiger partial charge in [-0.2, -0.15) is 0 Å². The van der Waals surface area contributed by atoms with Crippen molar-refractivity contribution in [3.8, 4) is 0 Å². The van der Waals surface area contributed by atoms with Crippen LogP contribution in [0, 0.1) is 5.82 Å². The van der Waals surface area contributed by atoms with E-state index in [4.69, 9.17) is 22.4 Å². The highest BCUT2D eigenvalue weighted by Gasteiger charge is 2.08. The number of nitrogen functional groups attached to an aromatic ring is 1. The molecule has 5 heteroatoms. The van der Waals surface area contributed by atoms with Crippen LogP contribution in [-0.4, -0.2) is 17.8 Å². The van der Waals surface area contributed by atoms with Crippen LogP contribution in [0.15, 0.2) is 12.1 Å². The van der Waals surface area contributed by atoms with Crippen LogP contribution in [0.3, 0.4) is 0 Å². The van der Waals surface area contributed by atoms with Gasteiger partial charge in [0, 0.05) is 12.1 Å². The summed E-state index contributed by atoms with van der Waals surface area (Å²) in [6.45, 7) is 1.70. The zero-order chi connectivity index (χ0) is 10.7. The quantitative estimate of drug-likeness (QED) is 0.679. The molecule has 1 unspecified atom stereocenters. The largest absolute Gasteiger partial charge is 0.397 e. The SMILES string of the molecule is CC(CO)Nc1cc(F)c(Cl)cc1N. The summed E-state index contributed by atoms with van der Waals surface area (Å²) in [6.07, 6.45) is 0. The summed E-state index contributed by atoms with van der Waals surface area (Å²) in [4.78, 5) is 0. The molecule has 0 aromatic heterocycles. The molecule has 0 amide bonds. The molecule has 0 aliphatic heterocycles. The van der Waals surface area contributed by atoms with Gasteiger partial charge < -0.3 is 16.2 Å². The first-order valence-electron chi connectivity index (χ1n) is 4.16. The Kier molecular flexibility index (Phi) is 3.55. The fourth-order valence-corrected chi connectivity index (χ4v) is 1.17. The number of nitrogens with two attached hydrogens (primary N) is 1. The number of benzene rings is 1. The molecule has 1 atom stereocenters. The van der Waals surface area contributed by atoms with E-state index >= 15 is 0 Å². The maximum Gasteiger partial charge on any atom is 0.143 e. The average molecular weight is 219 g/mol. The molecule has 0 radical (unpaired) electrons. The van der Waals surface area contributed by atoms with Gasteiger partial charge >= 0.3 is 0 Å². The van der Waals surface area contributed by atoms with E-state index < -0.39 is 5.82 Å². The number of hydrogen-bond acceptors (Lipinski definition) is 3. The van der Waals surface area contributed by atoms with Crippen LogP contribution in [0.2, 0.25) is 5.02 Å². The zero-order valence-corrected chi connectivity index (χ0v) is 8.48. The van der Waals surface area contributed by atoms with Crippen molar-refractivity contribution >= 4 is 23.0 Å². The summed E-state index contributed by atoms with van der Waals surface area (Å²) in [5, 5.41) is 11.6. The topological polar surface area (TPSA) is 58.3 Å². The van der Waals surface area contributed by atoms with Crippen molar-refractivity contribution in [2.24, 2.45) is 0 Å². The second kappa shape index (κ2) is 4.48. The Hall–Kier alpha value is -1.00. The van der Waals surface area contributed by atoms with E-state index in [1.54, 1.807) is 6.92 Å². The third-order valence-electron chi connectivity index (χ3n) is 1.77. The fraction of sp³-hybridized carbons (Fsp3) is 0.333. The van der Waals surface area contributed by atoms with Crippen molar-refractivity contribution < 1.29 is 9.50 Å². The Morgan fingerprint density at radius 1 is 1.64 bits per heavy atom. The molecule has 1 aromatic rings. The molecule has 0 bridgehead atoms. The molecule has 0 aliphatic rings. The molecular weight excluding hydrogens is 207 g/mol. The minimum absolute atomic E-state index is 0.00954. The number of aliphatic hydroxyl groups excluding tert-OH is 1. The number of aliphatic hydroxyl groups is 1. The monoisotopic (exact) mass is 218 g/mol. The standard InChI is InChI=1S/C9H12ClFN2O/c1-5(4-14)13-9-3-7(11)6(10)2-8(9)12/h2-3,5,13-14H,4,12H2,1H3. The van der Waals surface area contributed by atoms with Crippen molar-refractivity contribution in [1.82, 2.24) is 0 Å². The smallest absolute Gasteiger partial charge is 0.143 e. The summed E-state index contributed by atoms with van der Waals surface area (Å²) >= 11 is 5.52. The Balaban J connectivity index is 2.92. The highest BCUT2D eigenvalue weighted by atomic mass is 35.5. The molecule has 14 heavy (non-hydrogen) atoms. The van der Waals surface area contributed by atoms with Crippen LogP contribution in [0.1, 0.15) is 6.92 Å². The maximum atomic E-state index is 13.0. The number of nitrogens with one attached hydrogen (secondary N) is 1.